The highest BCUT2D eigenvalue weighted by Crippen LogP contribution is 2.59. The Morgan fingerprint density at radius 2 is 1.85 bits per heavy atom. The number of piperidine rings is 1. The van der Waals surface area contributed by atoms with Crippen LogP contribution in [0.2, 0.25) is 0 Å². The third kappa shape index (κ3) is 2.99. The molecule has 1 aliphatic heterocycles. The fourth-order valence-electron chi connectivity index (χ4n) is 4.76. The molecule has 1 atom stereocenters. The molecule has 3 aliphatic rings. The number of aromatic amines is 1. The van der Waals surface area contributed by atoms with E-state index in [-0.39, 0.29) is 34.0 Å². The maximum atomic E-state index is 12.9. The Hall–Kier alpha value is -2.44. The van der Waals surface area contributed by atoms with Crippen LogP contribution in [0.25, 0.3) is 0 Å². The zero-order valence-corrected chi connectivity index (χ0v) is 15.6. The van der Waals surface area contributed by atoms with Gasteiger partial charge in [0, 0.05) is 30.8 Å². The number of H-pyrrole nitrogens is 1. The molecule has 2 N–H and O–H groups in total. The predicted molar refractivity (Wildman–Crippen MR) is 96.8 cm³/mol. The van der Waals surface area contributed by atoms with Crippen molar-refractivity contribution >= 4 is 17.7 Å². The molecule has 7 heteroatoms. The number of Topliss-reactive ketones (excluding diaryl/α,β-unsaturated/α-hetero) is 1. The van der Waals surface area contributed by atoms with Gasteiger partial charge in [-0.15, -0.1) is 0 Å². The number of carboxylic acids is 1. The van der Waals surface area contributed by atoms with Gasteiger partial charge in [0.25, 0.3) is 11.5 Å². The molecule has 2 aliphatic carbocycles. The van der Waals surface area contributed by atoms with Gasteiger partial charge in [-0.05, 0) is 42.6 Å². The summed E-state index contributed by atoms with van der Waals surface area (Å²) in [5, 5.41) is 9.18. The van der Waals surface area contributed by atoms with E-state index in [1.807, 2.05) is 13.8 Å². The zero-order valence-electron chi connectivity index (χ0n) is 15.6. The van der Waals surface area contributed by atoms with E-state index in [0.29, 0.717) is 56.5 Å². The molecule has 1 saturated heterocycles. The number of pyridine rings is 1. The smallest absolute Gasteiger partial charge is 0.307 e. The average Bonchev–Trinajstić information content (AvgIpc) is 3.27. The second-order valence-corrected chi connectivity index (χ2v) is 9.09. The molecule has 144 valence electrons. The Bertz CT molecular complexity index is 905. The summed E-state index contributed by atoms with van der Waals surface area (Å²) >= 11 is 0. The summed E-state index contributed by atoms with van der Waals surface area (Å²) in [5.74, 6) is -1.49. The van der Waals surface area contributed by atoms with Crippen molar-refractivity contribution in [2.24, 2.45) is 16.7 Å². The second-order valence-electron chi connectivity index (χ2n) is 9.09. The average molecular weight is 372 g/mol. The van der Waals surface area contributed by atoms with Gasteiger partial charge in [0.15, 0.2) is 5.78 Å². The van der Waals surface area contributed by atoms with Crippen LogP contribution in [-0.2, 0) is 11.2 Å². The van der Waals surface area contributed by atoms with E-state index in [1.54, 1.807) is 4.90 Å². The van der Waals surface area contributed by atoms with Gasteiger partial charge in [0.2, 0.25) is 0 Å². The van der Waals surface area contributed by atoms with Crippen molar-refractivity contribution in [3.63, 3.8) is 0 Å². The van der Waals surface area contributed by atoms with E-state index in [0.717, 1.165) is 0 Å². The van der Waals surface area contributed by atoms with E-state index in [9.17, 15) is 24.3 Å². The number of likely N-dealkylation sites (tertiary alicyclic amines) is 1. The van der Waals surface area contributed by atoms with Crippen LogP contribution in [-0.4, -0.2) is 45.7 Å². The van der Waals surface area contributed by atoms with Crippen LogP contribution < -0.4 is 5.56 Å². The first kappa shape index (κ1) is 17.9. The molecular weight excluding hydrogens is 348 g/mol. The number of fused-ring (bicyclic) bond motifs is 1. The Labute approximate surface area is 156 Å². The van der Waals surface area contributed by atoms with E-state index >= 15 is 0 Å². The Morgan fingerprint density at radius 3 is 2.44 bits per heavy atom. The number of ketones is 1. The number of aromatic nitrogens is 1. The number of carbonyl (C=O) groups excluding carboxylic acids is 2. The Kier molecular flexibility index (Phi) is 3.84. The molecular formula is C20H24N2O5. The Balaban J connectivity index is 1.54. The lowest BCUT2D eigenvalue weighted by atomic mass is 9.75. The van der Waals surface area contributed by atoms with Crippen molar-refractivity contribution in [2.75, 3.05) is 13.1 Å². The molecule has 0 aromatic carbocycles. The van der Waals surface area contributed by atoms with Gasteiger partial charge in [-0.25, -0.2) is 0 Å². The molecule has 1 unspecified atom stereocenters. The molecule has 1 amide bonds. The topological polar surface area (TPSA) is 108 Å². The van der Waals surface area contributed by atoms with Crippen LogP contribution in [0.4, 0.5) is 0 Å². The lowest BCUT2D eigenvalue weighted by molar-refractivity contribution is -0.139. The number of nitrogens with one attached hydrogen (secondary N) is 1. The highest BCUT2D eigenvalue weighted by atomic mass is 16.4. The minimum absolute atomic E-state index is 0.00309. The van der Waals surface area contributed by atoms with Crippen molar-refractivity contribution in [3.05, 3.63) is 33.2 Å². The number of nitrogens with zero attached hydrogens (tertiary/aromatic N) is 1. The summed E-state index contributed by atoms with van der Waals surface area (Å²) in [5.41, 5.74) is 0.219. The summed E-state index contributed by atoms with van der Waals surface area (Å²) in [6, 6.07) is 1.45. The van der Waals surface area contributed by atoms with E-state index < -0.39 is 11.5 Å². The maximum Gasteiger partial charge on any atom is 0.307 e. The van der Waals surface area contributed by atoms with Crippen LogP contribution in [0.1, 0.15) is 65.9 Å². The molecule has 1 aromatic rings. The third-order valence-electron chi connectivity index (χ3n) is 6.48. The molecule has 1 spiro atoms. The van der Waals surface area contributed by atoms with Gasteiger partial charge in [0.05, 0.1) is 5.92 Å². The lowest BCUT2D eigenvalue weighted by Gasteiger charge is -2.33. The van der Waals surface area contributed by atoms with Crippen molar-refractivity contribution in [1.82, 2.24) is 9.88 Å². The number of aliphatic carboxylic acids is 1. The van der Waals surface area contributed by atoms with Gasteiger partial charge in [-0.2, -0.15) is 0 Å². The number of hydrogen-bond acceptors (Lipinski definition) is 4. The van der Waals surface area contributed by atoms with Gasteiger partial charge >= 0.3 is 5.97 Å². The van der Waals surface area contributed by atoms with Gasteiger partial charge in [-0.3, -0.25) is 19.2 Å². The van der Waals surface area contributed by atoms with E-state index in [4.69, 9.17) is 0 Å². The van der Waals surface area contributed by atoms with Crippen LogP contribution >= 0.6 is 0 Å². The number of hydrogen-bond donors (Lipinski definition) is 2. The van der Waals surface area contributed by atoms with Crippen LogP contribution in [0.15, 0.2) is 10.9 Å². The van der Waals surface area contributed by atoms with Crippen molar-refractivity contribution in [1.29, 1.82) is 0 Å². The molecule has 7 nitrogen and oxygen atoms in total. The quantitative estimate of drug-likeness (QED) is 0.824. The number of carbonyl (C=O) groups is 3. The molecule has 1 saturated carbocycles. The molecule has 2 heterocycles. The summed E-state index contributed by atoms with van der Waals surface area (Å²) in [4.78, 5) is 53.3. The normalized spacial score (nSPS) is 25.2. The fraction of sp³-hybridized carbons (Fsp3) is 0.600. The van der Waals surface area contributed by atoms with Crippen molar-refractivity contribution in [3.8, 4) is 0 Å². The predicted octanol–water partition coefficient (Wildman–Crippen LogP) is 1.86. The van der Waals surface area contributed by atoms with E-state index in [1.165, 1.54) is 6.07 Å². The van der Waals surface area contributed by atoms with Gasteiger partial charge in [-0.1, -0.05) is 13.8 Å². The highest BCUT2D eigenvalue weighted by molar-refractivity contribution is 6.02. The van der Waals surface area contributed by atoms with Crippen LogP contribution in [0.5, 0.6) is 0 Å². The molecule has 0 radical (unpaired) electrons. The first-order valence-electron chi connectivity index (χ1n) is 9.43. The largest absolute Gasteiger partial charge is 0.481 e. The fourth-order valence-corrected chi connectivity index (χ4v) is 4.76. The monoisotopic (exact) mass is 372 g/mol. The maximum absolute atomic E-state index is 12.9. The zero-order chi connectivity index (χ0) is 19.6. The number of carboxylic acid groups (broad SMARTS) is 1. The van der Waals surface area contributed by atoms with Crippen LogP contribution in [0, 0.1) is 16.7 Å². The Morgan fingerprint density at radius 1 is 1.19 bits per heavy atom. The summed E-state index contributed by atoms with van der Waals surface area (Å²) in [7, 11) is 0. The third-order valence-corrected chi connectivity index (χ3v) is 6.48. The summed E-state index contributed by atoms with van der Waals surface area (Å²) in [6.45, 7) is 4.86. The van der Waals surface area contributed by atoms with Crippen molar-refractivity contribution < 1.29 is 19.5 Å². The molecule has 4 rings (SSSR count). The minimum atomic E-state index is -0.762. The van der Waals surface area contributed by atoms with Gasteiger partial charge in [0.1, 0.15) is 5.56 Å². The minimum Gasteiger partial charge on any atom is -0.481 e. The number of rotatable bonds is 2. The summed E-state index contributed by atoms with van der Waals surface area (Å²) < 4.78 is 0. The number of amides is 1. The van der Waals surface area contributed by atoms with E-state index in [2.05, 4.69) is 4.98 Å². The summed E-state index contributed by atoms with van der Waals surface area (Å²) in [6.07, 6.45) is 2.95. The van der Waals surface area contributed by atoms with Crippen molar-refractivity contribution in [2.45, 2.75) is 46.0 Å². The first-order chi connectivity index (χ1) is 12.6. The second kappa shape index (κ2) is 5.78. The molecule has 27 heavy (non-hydrogen) atoms. The van der Waals surface area contributed by atoms with Gasteiger partial charge < -0.3 is 15.0 Å². The molecule has 1 aromatic heterocycles. The molecule has 2 fully saturated rings. The van der Waals surface area contributed by atoms with Crippen LogP contribution in [0.3, 0.4) is 0 Å². The highest BCUT2D eigenvalue weighted by Gasteiger charge is 2.59. The molecule has 0 bridgehead atoms. The lowest BCUT2D eigenvalue weighted by Crippen LogP contribution is -2.42. The first-order valence-corrected chi connectivity index (χ1v) is 9.43. The SMILES string of the molecule is CC1(C)CC(=O)c2cc(C(=O)N3CCC4(CC3)CC4C(=O)O)c(=O)[nH]c2C1. The standard InChI is InChI=1S/C20H24N2O5/c1-19(2)9-14-11(15(23)10-19)7-12(16(24)21-14)17(25)22-5-3-20(4-6-22)8-13(20)18(26)27/h7,13H,3-6,8-10H2,1-2H3,(H,21,24)(H,26,27).